The summed E-state index contributed by atoms with van der Waals surface area (Å²) in [7, 11) is 0. The zero-order chi connectivity index (χ0) is 19.7. The molecule has 4 heteroatoms. The second-order valence-corrected chi connectivity index (χ2v) is 11.0. The van der Waals surface area contributed by atoms with Crippen LogP contribution in [0.2, 0.25) is 0 Å². The first-order valence-corrected chi connectivity index (χ1v) is 12.7. The topological polar surface area (TPSA) is 6.48 Å². The Bertz CT molecular complexity index is 899. The van der Waals surface area contributed by atoms with Crippen LogP contribution in [0.4, 0.5) is 11.4 Å². The summed E-state index contributed by atoms with van der Waals surface area (Å²) in [6, 6.07) is 43.3. The van der Waals surface area contributed by atoms with Crippen molar-refractivity contribution in [3.63, 3.8) is 0 Å². The summed E-state index contributed by atoms with van der Waals surface area (Å²) in [5.74, 6) is 0. The van der Waals surface area contributed by atoms with Gasteiger partial charge >= 0.3 is 196 Å². The molecule has 0 aliphatic rings. The third-order valence-corrected chi connectivity index (χ3v) is 8.96. The summed E-state index contributed by atoms with van der Waals surface area (Å²) >= 11 is -1.41. The summed E-state index contributed by atoms with van der Waals surface area (Å²) in [5, 5.41) is 0. The molecule has 2 nitrogen and oxygen atoms in total. The molecule has 30 heavy (non-hydrogen) atoms. The quantitative estimate of drug-likeness (QED) is 0.221. The number of rotatable bonds is 8. The maximum atomic E-state index is 2.63. The maximum absolute atomic E-state index is 2.63. The molecule has 0 amide bonds. The normalized spacial score (nSPS) is 10.0. The van der Waals surface area contributed by atoms with E-state index in [1.165, 1.54) is 22.5 Å². The molecule has 0 aliphatic carbocycles. The van der Waals surface area contributed by atoms with Gasteiger partial charge in [-0.2, -0.15) is 0 Å². The number of benzene rings is 4. The fraction of sp³-hybridized carbons (Fsp3) is 0.0769. The molecule has 0 spiro atoms. The van der Waals surface area contributed by atoms with Crippen LogP contribution < -0.4 is 1.97 Å². The monoisotopic (exact) mass is 586 g/mol. The summed E-state index contributed by atoms with van der Waals surface area (Å²) in [6.07, 6.45) is 0. The van der Waals surface area contributed by atoms with Gasteiger partial charge in [0.25, 0.3) is 0 Å². The van der Waals surface area contributed by atoms with Gasteiger partial charge in [-0.25, -0.2) is 0 Å². The number of nitrogens with zero attached hydrogens (tertiary/aromatic N) is 2. The van der Waals surface area contributed by atoms with Gasteiger partial charge in [-0.05, 0) is 0 Å². The number of anilines is 2. The molecule has 0 heterocycles. The van der Waals surface area contributed by atoms with Gasteiger partial charge in [0, 0.05) is 0 Å². The van der Waals surface area contributed by atoms with Crippen molar-refractivity contribution >= 4 is 28.4 Å². The molecule has 0 bridgehead atoms. The molecule has 0 radical (unpaired) electrons. The molecule has 4 aromatic carbocycles. The standard InChI is InChI=1S/2C13H12N.BrH.Nd/c2*1-3-7-12(8-4-1)11-14-13-9-5-2-6-10-13;;/h2*1-10H,11H2;1H;/q2*-1;;+2. The summed E-state index contributed by atoms with van der Waals surface area (Å²) < 4.78 is 5.26. The van der Waals surface area contributed by atoms with Crippen molar-refractivity contribution in [2.75, 3.05) is 1.97 Å². The third kappa shape index (κ3) is 6.66. The third-order valence-electron chi connectivity index (χ3n) is 4.74. The Hall–Kier alpha value is -1.69. The molecule has 4 rings (SSSR count). The van der Waals surface area contributed by atoms with Crippen LogP contribution >= 0.6 is 17.0 Å². The van der Waals surface area contributed by atoms with Crippen LogP contribution in [0.5, 0.6) is 0 Å². The number of para-hydroxylation sites is 2. The number of halogens is 1. The molecule has 0 saturated heterocycles. The van der Waals surface area contributed by atoms with E-state index in [2.05, 4.69) is 123 Å². The van der Waals surface area contributed by atoms with Crippen LogP contribution in [0.15, 0.2) is 121 Å². The van der Waals surface area contributed by atoms with Crippen LogP contribution in [0.25, 0.3) is 0 Å². The van der Waals surface area contributed by atoms with Crippen LogP contribution in [0.3, 0.4) is 0 Å². The van der Waals surface area contributed by atoms with Gasteiger partial charge in [-0.3, -0.25) is 0 Å². The molecular formula is C26H25BrN2Nd. The Labute approximate surface area is 211 Å². The predicted octanol–water partition coefficient (Wildman–Crippen LogP) is 6.89. The molecule has 0 atom stereocenters. The van der Waals surface area contributed by atoms with Crippen LogP contribution in [-0.4, -0.2) is 0 Å². The van der Waals surface area contributed by atoms with E-state index in [1.54, 1.807) is 0 Å². The average molecular weight is 590 g/mol. The number of hydrogen-bond donors (Lipinski definition) is 0. The van der Waals surface area contributed by atoms with E-state index in [9.17, 15) is 0 Å². The van der Waals surface area contributed by atoms with Gasteiger partial charge in [-0.1, -0.05) is 0 Å². The van der Waals surface area contributed by atoms with E-state index < -0.39 is 37.5 Å². The minimum absolute atomic E-state index is 0. The van der Waals surface area contributed by atoms with Gasteiger partial charge in [0.2, 0.25) is 0 Å². The van der Waals surface area contributed by atoms with Crippen LogP contribution in [-0.2, 0) is 13.1 Å². The van der Waals surface area contributed by atoms with E-state index in [0.29, 0.717) is 0 Å². The zero-order valence-electron chi connectivity index (χ0n) is 16.8. The Morgan fingerprint density at radius 2 is 0.733 bits per heavy atom. The first-order valence-electron chi connectivity index (χ1n) is 9.88. The van der Waals surface area contributed by atoms with Gasteiger partial charge in [0.15, 0.2) is 0 Å². The molecule has 4 aromatic rings. The van der Waals surface area contributed by atoms with Crippen molar-refractivity contribution in [1.82, 2.24) is 0 Å². The van der Waals surface area contributed by atoms with E-state index in [1.807, 2.05) is 0 Å². The average Bonchev–Trinajstić information content (AvgIpc) is 2.81. The Balaban J connectivity index is 0.00000256. The van der Waals surface area contributed by atoms with Crippen molar-refractivity contribution in [3.05, 3.63) is 132 Å². The van der Waals surface area contributed by atoms with Gasteiger partial charge < -0.3 is 0 Å². The van der Waals surface area contributed by atoms with Crippen molar-refractivity contribution < 1.29 is 37.5 Å². The second-order valence-electron chi connectivity index (χ2n) is 6.91. The minimum atomic E-state index is -1.41. The van der Waals surface area contributed by atoms with E-state index in [0.717, 1.165) is 13.1 Å². The van der Waals surface area contributed by atoms with E-state index >= 15 is 0 Å². The Morgan fingerprint density at radius 3 is 1.07 bits per heavy atom. The van der Waals surface area contributed by atoms with E-state index in [-0.39, 0.29) is 17.0 Å². The molecule has 0 unspecified atom stereocenters. The van der Waals surface area contributed by atoms with Crippen molar-refractivity contribution in [2.24, 2.45) is 0 Å². The van der Waals surface area contributed by atoms with Gasteiger partial charge in [-0.15, -0.1) is 17.0 Å². The second kappa shape index (κ2) is 12.2. The first kappa shape index (κ1) is 23.0. The fourth-order valence-corrected chi connectivity index (χ4v) is 7.52. The summed E-state index contributed by atoms with van der Waals surface area (Å²) in [6.45, 7) is 1.90. The zero-order valence-corrected chi connectivity index (χ0v) is 21.7. The summed E-state index contributed by atoms with van der Waals surface area (Å²) in [4.78, 5) is 0. The predicted molar refractivity (Wildman–Crippen MR) is 128 cm³/mol. The SMILES string of the molecule is Br.c1ccc(C[N]([Nd][N](Cc2ccccc2)c2ccccc2)c2ccccc2)cc1. The Kier molecular flexibility index (Phi) is 9.37. The fourth-order valence-electron chi connectivity index (χ4n) is 3.26. The molecule has 0 aliphatic heterocycles. The molecule has 0 aromatic heterocycles. The van der Waals surface area contributed by atoms with Crippen molar-refractivity contribution in [3.8, 4) is 0 Å². The van der Waals surface area contributed by atoms with Crippen molar-refractivity contribution in [1.29, 1.82) is 0 Å². The van der Waals surface area contributed by atoms with Gasteiger partial charge in [0.05, 0.1) is 0 Å². The molecule has 0 fully saturated rings. The molecule has 0 N–H and O–H groups in total. The first-order chi connectivity index (χ1) is 14.4. The molecule has 0 saturated carbocycles. The summed E-state index contributed by atoms with van der Waals surface area (Å²) in [5.41, 5.74) is 5.34. The Morgan fingerprint density at radius 1 is 0.433 bits per heavy atom. The van der Waals surface area contributed by atoms with Gasteiger partial charge in [0.1, 0.15) is 0 Å². The number of hydrogen-bond acceptors (Lipinski definition) is 2. The van der Waals surface area contributed by atoms with E-state index in [4.69, 9.17) is 0 Å². The molecule has 150 valence electrons. The van der Waals surface area contributed by atoms with Crippen LogP contribution in [0.1, 0.15) is 11.1 Å². The van der Waals surface area contributed by atoms with Crippen molar-refractivity contribution in [2.45, 2.75) is 13.1 Å². The van der Waals surface area contributed by atoms with Crippen LogP contribution in [0, 0.1) is 37.5 Å². The molecular weight excluding hydrogens is 564 g/mol.